The highest BCUT2D eigenvalue weighted by Crippen LogP contribution is 2.45. The summed E-state index contributed by atoms with van der Waals surface area (Å²) < 4.78 is 5.97. The fourth-order valence-corrected chi connectivity index (χ4v) is 9.23. The molecule has 0 aliphatic rings. The summed E-state index contributed by atoms with van der Waals surface area (Å²) in [7, 11) is 0. The van der Waals surface area contributed by atoms with E-state index in [-0.39, 0.29) is 0 Å². The highest BCUT2D eigenvalue weighted by molar-refractivity contribution is 9.10. The summed E-state index contributed by atoms with van der Waals surface area (Å²) in [5.74, 6) is 0. The second-order valence-corrected chi connectivity index (χ2v) is 15.2. The van der Waals surface area contributed by atoms with Gasteiger partial charge in [-0.1, -0.05) is 113 Å². The van der Waals surface area contributed by atoms with E-state index in [4.69, 9.17) is 0 Å². The highest BCUT2D eigenvalue weighted by Gasteiger charge is 2.21. The third kappa shape index (κ3) is 5.57. The Morgan fingerprint density at radius 1 is 0.358 bits per heavy atom. The summed E-state index contributed by atoms with van der Waals surface area (Å²) in [6.07, 6.45) is 0. The Morgan fingerprint density at radius 2 is 0.887 bits per heavy atom. The average Bonchev–Trinajstić information content (AvgIpc) is 3.74. The van der Waals surface area contributed by atoms with Crippen LogP contribution in [-0.4, -0.2) is 4.57 Å². The van der Waals surface area contributed by atoms with Crippen molar-refractivity contribution >= 4 is 103 Å². The number of hydrogen-bond donors (Lipinski definition) is 0. The number of fused-ring (bicyclic) bond motifs is 6. The van der Waals surface area contributed by atoms with Crippen molar-refractivity contribution in [2.24, 2.45) is 0 Å². The number of para-hydroxylation sites is 4. The zero-order valence-electron chi connectivity index (χ0n) is 28.6. The van der Waals surface area contributed by atoms with Crippen molar-refractivity contribution in [1.82, 2.24) is 4.57 Å². The molecule has 0 saturated carbocycles. The molecule has 0 saturated heterocycles. The SMILES string of the molecule is Brc1cc(N(c2ccccc2)c2ccc3sc4ccccc4c3c2)cc(N(c2ccccc2)c2ccc3c4ccccc4n(-c4ccccc4)c3c2)c1. The summed E-state index contributed by atoms with van der Waals surface area (Å²) in [6.45, 7) is 0. The molecule has 10 rings (SSSR count). The van der Waals surface area contributed by atoms with Crippen molar-refractivity contribution in [2.75, 3.05) is 9.80 Å². The Balaban J connectivity index is 1.18. The van der Waals surface area contributed by atoms with Gasteiger partial charge in [-0.15, -0.1) is 11.3 Å². The summed E-state index contributed by atoms with van der Waals surface area (Å²) in [6, 6.07) is 69.8. The first-order valence-corrected chi connectivity index (χ1v) is 19.3. The van der Waals surface area contributed by atoms with Gasteiger partial charge in [0.05, 0.1) is 11.0 Å². The van der Waals surface area contributed by atoms with Crippen LogP contribution in [-0.2, 0) is 0 Å². The van der Waals surface area contributed by atoms with Crippen LogP contribution in [0.4, 0.5) is 34.1 Å². The van der Waals surface area contributed by atoms with Crippen molar-refractivity contribution in [3.05, 3.63) is 199 Å². The van der Waals surface area contributed by atoms with Gasteiger partial charge in [0.1, 0.15) is 0 Å². The second-order valence-electron chi connectivity index (χ2n) is 13.2. The molecule has 0 unspecified atom stereocenters. The van der Waals surface area contributed by atoms with Gasteiger partial charge in [-0.3, -0.25) is 0 Å². The van der Waals surface area contributed by atoms with Crippen LogP contribution in [0.25, 0.3) is 47.7 Å². The molecule has 0 N–H and O–H groups in total. The van der Waals surface area contributed by atoms with E-state index >= 15 is 0 Å². The molecule has 8 aromatic carbocycles. The van der Waals surface area contributed by atoms with Crippen LogP contribution in [0, 0.1) is 0 Å². The fraction of sp³-hybridized carbons (Fsp3) is 0. The second kappa shape index (κ2) is 13.1. The minimum Gasteiger partial charge on any atom is -0.310 e. The van der Waals surface area contributed by atoms with Crippen molar-refractivity contribution in [1.29, 1.82) is 0 Å². The van der Waals surface area contributed by atoms with Crippen LogP contribution in [0.15, 0.2) is 199 Å². The quantitative estimate of drug-likeness (QED) is 0.160. The number of rotatable bonds is 7. The molecule has 0 aliphatic heterocycles. The van der Waals surface area contributed by atoms with Gasteiger partial charge < -0.3 is 14.4 Å². The lowest BCUT2D eigenvalue weighted by Gasteiger charge is -2.30. The third-order valence-electron chi connectivity index (χ3n) is 9.96. The van der Waals surface area contributed by atoms with Crippen molar-refractivity contribution in [2.45, 2.75) is 0 Å². The fourth-order valence-electron chi connectivity index (χ4n) is 7.67. The number of aromatic nitrogens is 1. The standard InChI is InChI=1S/C48H32BrN3S/c49-33-28-39(50(34-14-4-1-5-15-34)37-25-27-48-44(31-37)43-21-11-13-23-47(43)53-48)30-40(29-33)51(35-16-6-2-7-17-35)38-24-26-42-41-20-10-12-22-45(41)52(46(42)32-38)36-18-8-3-9-19-36/h1-32H. The van der Waals surface area contributed by atoms with Crippen molar-refractivity contribution < 1.29 is 0 Å². The van der Waals surface area contributed by atoms with Gasteiger partial charge in [0.25, 0.3) is 0 Å². The molecule has 0 fully saturated rings. The number of hydrogen-bond acceptors (Lipinski definition) is 3. The summed E-state index contributed by atoms with van der Waals surface area (Å²) >= 11 is 5.80. The van der Waals surface area contributed by atoms with E-state index in [1.807, 2.05) is 11.3 Å². The largest absolute Gasteiger partial charge is 0.310 e. The zero-order chi connectivity index (χ0) is 35.3. The summed E-state index contributed by atoms with van der Waals surface area (Å²) in [4.78, 5) is 4.72. The lowest BCUT2D eigenvalue weighted by Crippen LogP contribution is -2.13. The van der Waals surface area contributed by atoms with Gasteiger partial charge in [-0.05, 0) is 97.1 Å². The first-order valence-electron chi connectivity index (χ1n) is 17.7. The number of anilines is 6. The minimum atomic E-state index is 0.994. The van der Waals surface area contributed by atoms with E-state index in [2.05, 4.69) is 224 Å². The van der Waals surface area contributed by atoms with Gasteiger partial charge in [0, 0.05) is 75.2 Å². The maximum absolute atomic E-state index is 3.96. The molecule has 0 spiro atoms. The molecule has 0 amide bonds. The molecule has 5 heteroatoms. The molecule has 0 aliphatic carbocycles. The number of benzene rings is 8. The maximum Gasteiger partial charge on any atom is 0.0561 e. The molecular weight excluding hydrogens is 731 g/mol. The molecule has 2 aromatic heterocycles. The number of thiophene rings is 1. The molecule has 0 bridgehead atoms. The van der Waals surface area contributed by atoms with E-state index in [0.717, 1.165) is 49.8 Å². The Bertz CT molecular complexity index is 2920. The van der Waals surface area contributed by atoms with Gasteiger partial charge in [-0.25, -0.2) is 0 Å². The third-order valence-corrected chi connectivity index (χ3v) is 11.6. The van der Waals surface area contributed by atoms with Crippen LogP contribution in [0.2, 0.25) is 0 Å². The topological polar surface area (TPSA) is 11.4 Å². The van der Waals surface area contributed by atoms with E-state index in [0.29, 0.717) is 0 Å². The summed E-state index contributed by atoms with van der Waals surface area (Å²) in [5.41, 5.74) is 9.95. The number of nitrogens with zero attached hydrogens (tertiary/aromatic N) is 3. The Labute approximate surface area is 320 Å². The normalized spacial score (nSPS) is 11.5. The molecule has 3 nitrogen and oxygen atoms in total. The van der Waals surface area contributed by atoms with Crippen molar-refractivity contribution in [3.63, 3.8) is 0 Å². The van der Waals surface area contributed by atoms with Crippen LogP contribution >= 0.6 is 27.3 Å². The molecule has 53 heavy (non-hydrogen) atoms. The van der Waals surface area contributed by atoms with Gasteiger partial charge in [0.15, 0.2) is 0 Å². The summed E-state index contributed by atoms with van der Waals surface area (Å²) in [5, 5.41) is 5.02. The van der Waals surface area contributed by atoms with E-state index in [9.17, 15) is 0 Å². The van der Waals surface area contributed by atoms with E-state index < -0.39 is 0 Å². The maximum atomic E-state index is 3.96. The molecule has 2 heterocycles. The first kappa shape index (κ1) is 31.6. The van der Waals surface area contributed by atoms with Crippen molar-refractivity contribution in [3.8, 4) is 5.69 Å². The molecule has 0 atom stereocenters. The van der Waals surface area contributed by atoms with Crippen LogP contribution < -0.4 is 9.80 Å². The zero-order valence-corrected chi connectivity index (χ0v) is 31.0. The predicted molar refractivity (Wildman–Crippen MR) is 231 cm³/mol. The first-order chi connectivity index (χ1) is 26.2. The highest BCUT2D eigenvalue weighted by atomic mass is 79.9. The predicted octanol–water partition coefficient (Wildman–Crippen LogP) is 14.9. The molecule has 10 aromatic rings. The lowest BCUT2D eigenvalue weighted by molar-refractivity contribution is 1.18. The Morgan fingerprint density at radius 3 is 1.58 bits per heavy atom. The molecule has 252 valence electrons. The van der Waals surface area contributed by atoms with Gasteiger partial charge in [0.2, 0.25) is 0 Å². The lowest BCUT2D eigenvalue weighted by atomic mass is 10.1. The van der Waals surface area contributed by atoms with Crippen LogP contribution in [0.1, 0.15) is 0 Å². The average molecular weight is 763 g/mol. The smallest absolute Gasteiger partial charge is 0.0561 e. The molecular formula is C48H32BrN3S. The molecule has 0 radical (unpaired) electrons. The van der Waals surface area contributed by atoms with Gasteiger partial charge in [-0.2, -0.15) is 0 Å². The van der Waals surface area contributed by atoms with Crippen LogP contribution in [0.3, 0.4) is 0 Å². The van der Waals surface area contributed by atoms with Gasteiger partial charge >= 0.3 is 0 Å². The van der Waals surface area contributed by atoms with Crippen LogP contribution in [0.5, 0.6) is 0 Å². The Hall–Kier alpha value is -6.14. The van der Waals surface area contributed by atoms with E-state index in [1.54, 1.807) is 0 Å². The minimum absolute atomic E-state index is 0.994. The number of halogens is 1. The Kier molecular flexibility index (Phi) is 7.82. The monoisotopic (exact) mass is 761 g/mol. The van der Waals surface area contributed by atoms with E-state index in [1.165, 1.54) is 36.5 Å².